The fourth-order valence-corrected chi connectivity index (χ4v) is 13.4. The zero-order valence-corrected chi connectivity index (χ0v) is 29.6. The standard InChI is InChI=1S/C50H35NSi/c1-4-15-39(16-5-1)52(40-17-6-2-7-18-40,41-19-8-3-9-20-41)42-32-30-36(31-33-42)44-22-12-24-47-49(44)50-45(23-13-25-48(50)51-47)38-29-28-37-27-26-35-14-10-11-21-43(35)46(37)34-38/h1-34,51H. The maximum absolute atomic E-state index is 3.77. The minimum Gasteiger partial charge on any atom is -0.354 e. The summed E-state index contributed by atoms with van der Waals surface area (Å²) >= 11 is 0. The fraction of sp³-hybridized carbons (Fsp3) is 0. The van der Waals surface area contributed by atoms with E-state index in [1.165, 1.54) is 75.3 Å². The highest BCUT2D eigenvalue weighted by molar-refractivity contribution is 7.19. The van der Waals surface area contributed by atoms with Gasteiger partial charge in [0.1, 0.15) is 0 Å². The highest BCUT2D eigenvalue weighted by Gasteiger charge is 2.41. The highest BCUT2D eigenvalue weighted by atomic mass is 28.3. The second kappa shape index (κ2) is 12.4. The average Bonchev–Trinajstić information content (AvgIpc) is 3.62. The fourth-order valence-electron chi connectivity index (χ4n) is 8.61. The third-order valence-corrected chi connectivity index (χ3v) is 15.8. The van der Waals surface area contributed by atoms with Crippen molar-refractivity contribution in [3.05, 3.63) is 206 Å². The molecule has 0 amide bonds. The normalized spacial score (nSPS) is 11.8. The summed E-state index contributed by atoms with van der Waals surface area (Å²) in [6.45, 7) is 0. The van der Waals surface area contributed by atoms with E-state index in [9.17, 15) is 0 Å². The van der Waals surface area contributed by atoms with Crippen molar-refractivity contribution in [1.82, 2.24) is 4.98 Å². The monoisotopic (exact) mass is 677 g/mol. The molecule has 10 rings (SSSR count). The van der Waals surface area contributed by atoms with Crippen molar-refractivity contribution in [2.45, 2.75) is 0 Å². The number of H-pyrrole nitrogens is 1. The second-order valence-electron chi connectivity index (χ2n) is 13.7. The zero-order valence-electron chi connectivity index (χ0n) is 28.6. The van der Waals surface area contributed by atoms with Crippen molar-refractivity contribution < 1.29 is 0 Å². The van der Waals surface area contributed by atoms with Crippen LogP contribution in [0.25, 0.3) is 65.6 Å². The minimum atomic E-state index is -2.61. The van der Waals surface area contributed by atoms with Gasteiger partial charge in [-0.15, -0.1) is 0 Å². The Hall–Kier alpha value is -6.48. The van der Waals surface area contributed by atoms with Crippen LogP contribution in [0.15, 0.2) is 206 Å². The first kappa shape index (κ1) is 30.4. The molecule has 0 aliphatic carbocycles. The SMILES string of the molecule is c1ccc([Si](c2ccccc2)(c2ccccc2)c2ccc(-c3cccc4[nH]c5cccc(-c6ccc7ccc8ccccc8c7c6)c5c34)cc2)cc1. The van der Waals surface area contributed by atoms with Gasteiger partial charge in [-0.3, -0.25) is 0 Å². The molecule has 1 N–H and O–H groups in total. The molecule has 1 nitrogen and oxygen atoms in total. The minimum absolute atomic E-state index is 1.15. The molecule has 1 heterocycles. The van der Waals surface area contributed by atoms with Gasteiger partial charge in [0.2, 0.25) is 0 Å². The number of benzene rings is 9. The van der Waals surface area contributed by atoms with Crippen LogP contribution in [0.2, 0.25) is 0 Å². The van der Waals surface area contributed by atoms with Crippen LogP contribution in [0.3, 0.4) is 0 Å². The predicted molar refractivity (Wildman–Crippen MR) is 225 cm³/mol. The summed E-state index contributed by atoms with van der Waals surface area (Å²) in [6, 6.07) is 76.3. The molecule has 0 spiro atoms. The molecule has 2 heteroatoms. The van der Waals surface area contributed by atoms with Crippen molar-refractivity contribution in [1.29, 1.82) is 0 Å². The van der Waals surface area contributed by atoms with Crippen molar-refractivity contribution in [2.24, 2.45) is 0 Å². The molecule has 9 aromatic carbocycles. The van der Waals surface area contributed by atoms with Crippen molar-refractivity contribution in [3.8, 4) is 22.3 Å². The molecule has 244 valence electrons. The average molecular weight is 678 g/mol. The van der Waals surface area contributed by atoms with Gasteiger partial charge in [-0.05, 0) is 82.7 Å². The Kier molecular flexibility index (Phi) is 7.23. The van der Waals surface area contributed by atoms with Gasteiger partial charge in [0, 0.05) is 21.8 Å². The number of rotatable bonds is 6. The Morgan fingerprint density at radius 1 is 0.308 bits per heavy atom. The molecule has 0 aliphatic heterocycles. The van der Waals surface area contributed by atoms with Gasteiger partial charge in [0.25, 0.3) is 0 Å². The Bertz CT molecular complexity index is 2780. The Labute approximate surface area is 304 Å². The van der Waals surface area contributed by atoms with Gasteiger partial charge < -0.3 is 4.98 Å². The molecule has 1 aromatic heterocycles. The first-order valence-corrected chi connectivity index (χ1v) is 20.0. The van der Waals surface area contributed by atoms with Gasteiger partial charge in [-0.25, -0.2) is 0 Å². The maximum Gasteiger partial charge on any atom is 0.179 e. The third kappa shape index (κ3) is 4.76. The number of hydrogen-bond acceptors (Lipinski definition) is 0. The highest BCUT2D eigenvalue weighted by Crippen LogP contribution is 2.41. The molecular weight excluding hydrogens is 643 g/mol. The Morgan fingerprint density at radius 2 is 0.750 bits per heavy atom. The van der Waals surface area contributed by atoms with Crippen LogP contribution < -0.4 is 20.7 Å². The summed E-state index contributed by atoms with van der Waals surface area (Å²) in [5, 5.41) is 13.1. The summed E-state index contributed by atoms with van der Waals surface area (Å²) in [7, 11) is -2.61. The number of aromatic nitrogens is 1. The third-order valence-electron chi connectivity index (χ3n) is 11.0. The molecule has 0 unspecified atom stereocenters. The van der Waals surface area contributed by atoms with Gasteiger partial charge in [-0.2, -0.15) is 0 Å². The van der Waals surface area contributed by atoms with Crippen LogP contribution >= 0.6 is 0 Å². The van der Waals surface area contributed by atoms with Crippen LogP contribution in [-0.4, -0.2) is 13.1 Å². The van der Waals surface area contributed by atoms with Crippen molar-refractivity contribution in [2.75, 3.05) is 0 Å². The number of aromatic amines is 1. The first-order valence-electron chi connectivity index (χ1n) is 18.0. The lowest BCUT2D eigenvalue weighted by Gasteiger charge is -2.34. The van der Waals surface area contributed by atoms with E-state index in [4.69, 9.17) is 0 Å². The maximum atomic E-state index is 3.77. The number of nitrogens with one attached hydrogen (secondary N) is 1. The van der Waals surface area contributed by atoms with E-state index in [2.05, 4.69) is 211 Å². The zero-order chi connectivity index (χ0) is 34.5. The summed E-state index contributed by atoms with van der Waals surface area (Å²) in [6.07, 6.45) is 0. The molecule has 0 fully saturated rings. The quantitative estimate of drug-likeness (QED) is 0.102. The van der Waals surface area contributed by atoms with E-state index in [0.29, 0.717) is 0 Å². The molecule has 52 heavy (non-hydrogen) atoms. The molecular formula is C50H35NSi. The lowest BCUT2D eigenvalue weighted by atomic mass is 9.93. The summed E-state index contributed by atoms with van der Waals surface area (Å²) in [4.78, 5) is 3.77. The predicted octanol–water partition coefficient (Wildman–Crippen LogP) is 10.3. The van der Waals surface area contributed by atoms with Crippen LogP contribution in [0.1, 0.15) is 0 Å². The Balaban J connectivity index is 1.17. The lowest BCUT2D eigenvalue weighted by Crippen LogP contribution is -2.74. The lowest BCUT2D eigenvalue weighted by molar-refractivity contribution is 1.54. The van der Waals surface area contributed by atoms with Crippen LogP contribution in [0, 0.1) is 0 Å². The van der Waals surface area contributed by atoms with E-state index >= 15 is 0 Å². The number of hydrogen-bond donors (Lipinski definition) is 1. The van der Waals surface area contributed by atoms with Gasteiger partial charge in [-0.1, -0.05) is 188 Å². The Morgan fingerprint density at radius 3 is 1.33 bits per heavy atom. The first-order chi connectivity index (χ1) is 25.8. The molecule has 0 aliphatic rings. The van der Waals surface area contributed by atoms with E-state index < -0.39 is 8.07 Å². The van der Waals surface area contributed by atoms with Gasteiger partial charge in [0.15, 0.2) is 8.07 Å². The number of fused-ring (bicyclic) bond motifs is 6. The molecule has 0 saturated carbocycles. The summed E-state index contributed by atoms with van der Waals surface area (Å²) in [5.41, 5.74) is 7.22. The van der Waals surface area contributed by atoms with Gasteiger partial charge in [0.05, 0.1) is 0 Å². The van der Waals surface area contributed by atoms with E-state index in [1.807, 2.05) is 0 Å². The molecule has 0 bridgehead atoms. The van der Waals surface area contributed by atoms with E-state index in [1.54, 1.807) is 0 Å². The molecule has 0 radical (unpaired) electrons. The molecule has 0 atom stereocenters. The van der Waals surface area contributed by atoms with Crippen LogP contribution in [-0.2, 0) is 0 Å². The van der Waals surface area contributed by atoms with Crippen LogP contribution in [0.4, 0.5) is 0 Å². The topological polar surface area (TPSA) is 15.8 Å². The smallest absolute Gasteiger partial charge is 0.179 e. The van der Waals surface area contributed by atoms with E-state index in [0.717, 1.165) is 11.0 Å². The van der Waals surface area contributed by atoms with Crippen molar-refractivity contribution >= 4 is 72.2 Å². The van der Waals surface area contributed by atoms with Crippen LogP contribution in [0.5, 0.6) is 0 Å². The molecule has 10 aromatic rings. The van der Waals surface area contributed by atoms with Gasteiger partial charge >= 0.3 is 0 Å². The second-order valence-corrected chi connectivity index (χ2v) is 17.5. The largest absolute Gasteiger partial charge is 0.354 e. The molecule has 0 saturated heterocycles. The summed E-state index contributed by atoms with van der Waals surface area (Å²) < 4.78 is 0. The van der Waals surface area contributed by atoms with Crippen molar-refractivity contribution in [3.63, 3.8) is 0 Å². The van der Waals surface area contributed by atoms with E-state index in [-0.39, 0.29) is 0 Å². The summed E-state index contributed by atoms with van der Waals surface area (Å²) in [5.74, 6) is 0.